The number of benzene rings is 1. The van der Waals surface area contributed by atoms with E-state index < -0.39 is 0 Å². The summed E-state index contributed by atoms with van der Waals surface area (Å²) in [5, 5.41) is 3.56. The molecule has 102 valence electrons. The van der Waals surface area contributed by atoms with Crippen LogP contribution in [0.15, 0.2) is 12.1 Å². The van der Waals surface area contributed by atoms with Gasteiger partial charge in [-0.1, -0.05) is 24.6 Å². The van der Waals surface area contributed by atoms with Gasteiger partial charge in [-0.2, -0.15) is 0 Å². The fourth-order valence-corrected chi connectivity index (χ4v) is 2.68. The lowest BCUT2D eigenvalue weighted by atomic mass is 9.95. The van der Waals surface area contributed by atoms with E-state index in [0.29, 0.717) is 6.04 Å². The second kappa shape index (κ2) is 7.58. The SMILES string of the molecule is CCCNC(C)CCCc1c(C)cc(C)cc1C. The van der Waals surface area contributed by atoms with Crippen molar-refractivity contribution in [3.63, 3.8) is 0 Å². The van der Waals surface area contributed by atoms with E-state index in [1.807, 2.05) is 0 Å². The first-order valence-electron chi connectivity index (χ1n) is 7.34. The molecule has 0 aliphatic rings. The van der Waals surface area contributed by atoms with Crippen molar-refractivity contribution in [1.29, 1.82) is 0 Å². The van der Waals surface area contributed by atoms with Crippen LogP contribution in [0.25, 0.3) is 0 Å². The average Bonchev–Trinajstić information content (AvgIpc) is 2.29. The fourth-order valence-electron chi connectivity index (χ4n) is 2.68. The Kier molecular flexibility index (Phi) is 6.42. The van der Waals surface area contributed by atoms with Crippen LogP contribution in [0.1, 0.15) is 55.4 Å². The average molecular weight is 247 g/mol. The van der Waals surface area contributed by atoms with Gasteiger partial charge in [0.05, 0.1) is 0 Å². The molecular formula is C17H29N. The van der Waals surface area contributed by atoms with E-state index in [1.54, 1.807) is 5.56 Å². The van der Waals surface area contributed by atoms with Gasteiger partial charge in [-0.15, -0.1) is 0 Å². The minimum atomic E-state index is 0.649. The molecule has 0 saturated carbocycles. The van der Waals surface area contributed by atoms with Gasteiger partial charge in [-0.3, -0.25) is 0 Å². The molecule has 1 unspecified atom stereocenters. The molecule has 0 spiro atoms. The second-order valence-corrected chi connectivity index (χ2v) is 5.62. The Labute approximate surface area is 113 Å². The Morgan fingerprint density at radius 2 is 1.72 bits per heavy atom. The molecule has 1 aromatic carbocycles. The molecule has 0 aromatic heterocycles. The fraction of sp³-hybridized carbons (Fsp3) is 0.647. The van der Waals surface area contributed by atoms with Crippen LogP contribution in [-0.2, 0) is 6.42 Å². The van der Waals surface area contributed by atoms with Gasteiger partial charge in [0.25, 0.3) is 0 Å². The van der Waals surface area contributed by atoms with Gasteiger partial charge >= 0.3 is 0 Å². The molecule has 0 fully saturated rings. The number of hydrogen-bond acceptors (Lipinski definition) is 1. The summed E-state index contributed by atoms with van der Waals surface area (Å²) >= 11 is 0. The van der Waals surface area contributed by atoms with Crippen molar-refractivity contribution < 1.29 is 0 Å². The third-order valence-electron chi connectivity index (χ3n) is 3.65. The standard InChI is InChI=1S/C17H29N/c1-6-10-18-16(5)8-7-9-17-14(3)11-13(2)12-15(17)4/h11-12,16,18H,6-10H2,1-5H3. The summed E-state index contributed by atoms with van der Waals surface area (Å²) in [6.07, 6.45) is 4.99. The monoisotopic (exact) mass is 247 g/mol. The van der Waals surface area contributed by atoms with Crippen LogP contribution < -0.4 is 5.32 Å². The maximum atomic E-state index is 3.56. The normalized spacial score (nSPS) is 12.7. The molecule has 0 amide bonds. The van der Waals surface area contributed by atoms with Gasteiger partial charge in [-0.05, 0) is 76.6 Å². The Morgan fingerprint density at radius 3 is 2.28 bits per heavy atom. The predicted octanol–water partition coefficient (Wildman–Crippen LogP) is 4.32. The van der Waals surface area contributed by atoms with Crippen molar-refractivity contribution in [2.75, 3.05) is 6.54 Å². The van der Waals surface area contributed by atoms with E-state index >= 15 is 0 Å². The summed E-state index contributed by atoms with van der Waals surface area (Å²) in [5.41, 5.74) is 5.86. The first-order valence-corrected chi connectivity index (χ1v) is 7.34. The summed E-state index contributed by atoms with van der Waals surface area (Å²) in [6.45, 7) is 12.3. The smallest absolute Gasteiger partial charge is 0.00388 e. The summed E-state index contributed by atoms with van der Waals surface area (Å²) < 4.78 is 0. The Bertz CT molecular complexity index is 345. The lowest BCUT2D eigenvalue weighted by molar-refractivity contribution is 0.498. The third kappa shape index (κ3) is 4.81. The van der Waals surface area contributed by atoms with Crippen LogP contribution >= 0.6 is 0 Å². The van der Waals surface area contributed by atoms with Crippen molar-refractivity contribution in [3.8, 4) is 0 Å². The molecule has 1 atom stereocenters. The van der Waals surface area contributed by atoms with Crippen LogP contribution in [0.2, 0.25) is 0 Å². The van der Waals surface area contributed by atoms with Gasteiger partial charge in [0, 0.05) is 6.04 Å². The van der Waals surface area contributed by atoms with Crippen LogP contribution in [0.4, 0.5) is 0 Å². The van der Waals surface area contributed by atoms with E-state index in [0.717, 1.165) is 6.54 Å². The van der Waals surface area contributed by atoms with Crippen molar-refractivity contribution in [1.82, 2.24) is 5.32 Å². The van der Waals surface area contributed by atoms with Gasteiger partial charge in [0.1, 0.15) is 0 Å². The zero-order chi connectivity index (χ0) is 13.5. The van der Waals surface area contributed by atoms with Gasteiger partial charge < -0.3 is 5.32 Å². The summed E-state index contributed by atoms with van der Waals surface area (Å²) in [7, 11) is 0. The number of hydrogen-bond donors (Lipinski definition) is 1. The van der Waals surface area contributed by atoms with Gasteiger partial charge in [-0.25, -0.2) is 0 Å². The van der Waals surface area contributed by atoms with E-state index in [-0.39, 0.29) is 0 Å². The van der Waals surface area contributed by atoms with Gasteiger partial charge in [0.2, 0.25) is 0 Å². The van der Waals surface area contributed by atoms with Crippen molar-refractivity contribution >= 4 is 0 Å². The van der Waals surface area contributed by atoms with Crippen molar-refractivity contribution in [2.24, 2.45) is 0 Å². The predicted molar refractivity (Wildman–Crippen MR) is 81.3 cm³/mol. The molecule has 1 nitrogen and oxygen atoms in total. The first kappa shape index (κ1) is 15.2. The quantitative estimate of drug-likeness (QED) is 0.756. The van der Waals surface area contributed by atoms with Crippen LogP contribution in [0.3, 0.4) is 0 Å². The van der Waals surface area contributed by atoms with E-state index in [2.05, 4.69) is 52.1 Å². The van der Waals surface area contributed by atoms with E-state index in [4.69, 9.17) is 0 Å². The molecule has 0 bridgehead atoms. The highest BCUT2D eigenvalue weighted by Gasteiger charge is 2.05. The molecule has 1 aromatic rings. The minimum absolute atomic E-state index is 0.649. The molecule has 1 rings (SSSR count). The summed E-state index contributed by atoms with van der Waals surface area (Å²) in [5.74, 6) is 0. The lowest BCUT2D eigenvalue weighted by Gasteiger charge is -2.15. The molecule has 0 aliphatic carbocycles. The second-order valence-electron chi connectivity index (χ2n) is 5.62. The summed E-state index contributed by atoms with van der Waals surface area (Å²) in [4.78, 5) is 0. The molecule has 0 saturated heterocycles. The summed E-state index contributed by atoms with van der Waals surface area (Å²) in [6, 6.07) is 5.26. The topological polar surface area (TPSA) is 12.0 Å². The first-order chi connectivity index (χ1) is 8.54. The van der Waals surface area contributed by atoms with E-state index in [9.17, 15) is 0 Å². The Hall–Kier alpha value is -0.820. The highest BCUT2D eigenvalue weighted by molar-refractivity contribution is 5.37. The molecule has 1 heteroatoms. The van der Waals surface area contributed by atoms with Crippen molar-refractivity contribution in [2.45, 2.75) is 66.3 Å². The third-order valence-corrected chi connectivity index (χ3v) is 3.65. The molecule has 0 radical (unpaired) electrons. The zero-order valence-electron chi connectivity index (χ0n) is 12.8. The molecule has 0 aliphatic heterocycles. The molecule has 1 N–H and O–H groups in total. The van der Waals surface area contributed by atoms with Crippen LogP contribution in [0, 0.1) is 20.8 Å². The largest absolute Gasteiger partial charge is 0.314 e. The molecular weight excluding hydrogens is 218 g/mol. The lowest BCUT2D eigenvalue weighted by Crippen LogP contribution is -2.26. The molecule has 0 heterocycles. The highest BCUT2D eigenvalue weighted by atomic mass is 14.9. The number of aryl methyl sites for hydroxylation is 3. The highest BCUT2D eigenvalue weighted by Crippen LogP contribution is 2.18. The Morgan fingerprint density at radius 1 is 1.11 bits per heavy atom. The van der Waals surface area contributed by atoms with E-state index in [1.165, 1.54) is 42.4 Å². The van der Waals surface area contributed by atoms with Crippen LogP contribution in [-0.4, -0.2) is 12.6 Å². The number of nitrogens with one attached hydrogen (secondary N) is 1. The van der Waals surface area contributed by atoms with Crippen molar-refractivity contribution in [3.05, 3.63) is 34.4 Å². The van der Waals surface area contributed by atoms with Crippen LogP contribution in [0.5, 0.6) is 0 Å². The maximum absolute atomic E-state index is 3.56. The number of rotatable bonds is 7. The molecule has 18 heavy (non-hydrogen) atoms. The Balaban J connectivity index is 2.44. The maximum Gasteiger partial charge on any atom is 0.00388 e. The minimum Gasteiger partial charge on any atom is -0.314 e. The zero-order valence-corrected chi connectivity index (χ0v) is 12.8. The van der Waals surface area contributed by atoms with Gasteiger partial charge in [0.15, 0.2) is 0 Å².